The fourth-order valence-electron chi connectivity index (χ4n) is 2.36. The van der Waals surface area contributed by atoms with Crippen molar-refractivity contribution in [2.75, 3.05) is 26.3 Å². The third-order valence-electron chi connectivity index (χ3n) is 3.59. The molecule has 0 heterocycles. The number of benzene rings is 2. The minimum atomic E-state index is 0.00968. The summed E-state index contributed by atoms with van der Waals surface area (Å²) < 4.78 is 11.3. The van der Waals surface area contributed by atoms with Gasteiger partial charge in [0.15, 0.2) is 0 Å². The molecule has 4 nitrogen and oxygen atoms in total. The van der Waals surface area contributed by atoms with Crippen molar-refractivity contribution in [2.45, 2.75) is 13.3 Å². The molecule has 0 N–H and O–H groups in total. The van der Waals surface area contributed by atoms with Gasteiger partial charge in [0.2, 0.25) is 5.91 Å². The molecule has 0 aliphatic rings. The number of carbonyl (C=O) groups excluding carboxylic acids is 1. The van der Waals surface area contributed by atoms with Gasteiger partial charge in [-0.3, -0.25) is 4.79 Å². The summed E-state index contributed by atoms with van der Waals surface area (Å²) >= 11 is 23.8. The summed E-state index contributed by atoms with van der Waals surface area (Å²) in [4.78, 5) is 13.8. The zero-order valence-electron chi connectivity index (χ0n) is 14.7. The number of nitrogens with zero attached hydrogens (tertiary/aromatic N) is 1. The predicted octanol–water partition coefficient (Wildman–Crippen LogP) is 6.00. The van der Waals surface area contributed by atoms with Crippen LogP contribution in [0.15, 0.2) is 36.4 Å². The van der Waals surface area contributed by atoms with E-state index >= 15 is 0 Å². The average Bonchev–Trinajstić information content (AvgIpc) is 2.58. The van der Waals surface area contributed by atoms with Crippen LogP contribution in [0.25, 0.3) is 0 Å². The van der Waals surface area contributed by atoms with Crippen LogP contribution in [0.5, 0.6) is 11.5 Å². The lowest BCUT2D eigenvalue weighted by Gasteiger charge is -2.22. The second kappa shape index (κ2) is 10.9. The Kier molecular flexibility index (Phi) is 8.84. The van der Waals surface area contributed by atoms with Crippen LogP contribution in [0, 0.1) is 0 Å². The summed E-state index contributed by atoms with van der Waals surface area (Å²) in [6, 6.07) is 9.94. The molecule has 0 saturated heterocycles. The van der Waals surface area contributed by atoms with E-state index in [1.54, 1.807) is 41.3 Å². The van der Waals surface area contributed by atoms with Gasteiger partial charge in [-0.25, -0.2) is 0 Å². The van der Waals surface area contributed by atoms with Crippen molar-refractivity contribution in [1.29, 1.82) is 0 Å². The van der Waals surface area contributed by atoms with Crippen LogP contribution in [-0.4, -0.2) is 37.1 Å². The van der Waals surface area contributed by atoms with E-state index in [1.807, 2.05) is 6.92 Å². The number of amides is 1. The lowest BCUT2D eigenvalue weighted by Crippen LogP contribution is -2.37. The van der Waals surface area contributed by atoms with Gasteiger partial charge in [-0.1, -0.05) is 53.3 Å². The number of ether oxygens (including phenoxy) is 2. The Bertz CT molecular complexity index is 688. The van der Waals surface area contributed by atoms with E-state index in [9.17, 15) is 4.79 Å². The van der Waals surface area contributed by atoms with Gasteiger partial charge in [0.25, 0.3) is 0 Å². The minimum Gasteiger partial charge on any atom is -0.492 e. The molecule has 2 aromatic carbocycles. The third-order valence-corrected chi connectivity index (χ3v) is 4.46. The number of hydrogen-bond acceptors (Lipinski definition) is 3. The molecule has 0 unspecified atom stereocenters. The Morgan fingerprint density at radius 2 is 1.15 bits per heavy atom. The molecule has 0 radical (unpaired) electrons. The van der Waals surface area contributed by atoms with Crippen LogP contribution in [0.3, 0.4) is 0 Å². The van der Waals surface area contributed by atoms with E-state index < -0.39 is 0 Å². The maximum atomic E-state index is 12.1. The van der Waals surface area contributed by atoms with Gasteiger partial charge < -0.3 is 14.4 Å². The number of halogens is 4. The smallest absolute Gasteiger partial charge is 0.222 e. The Balaban J connectivity index is 1.86. The van der Waals surface area contributed by atoms with Crippen LogP contribution in [0.4, 0.5) is 0 Å². The standard InChI is InChI=1S/C19H19Cl4NO3/c1-2-19(25)24(3-5-26-17-9-13(20)7-14(21)10-17)4-6-27-18-11-15(22)8-16(23)12-18/h7-12H,2-6H2,1H3. The average molecular weight is 451 g/mol. The minimum absolute atomic E-state index is 0.00968. The highest BCUT2D eigenvalue weighted by Crippen LogP contribution is 2.25. The molecule has 1 amide bonds. The monoisotopic (exact) mass is 449 g/mol. The van der Waals surface area contributed by atoms with Crippen molar-refractivity contribution in [3.05, 3.63) is 56.5 Å². The molecule has 2 aromatic rings. The molecule has 0 atom stereocenters. The van der Waals surface area contributed by atoms with Gasteiger partial charge in [0.1, 0.15) is 24.7 Å². The summed E-state index contributed by atoms with van der Waals surface area (Å²) in [5, 5.41) is 1.97. The Morgan fingerprint density at radius 3 is 1.48 bits per heavy atom. The molecule has 0 aliphatic carbocycles. The Morgan fingerprint density at radius 1 is 0.778 bits per heavy atom. The zero-order chi connectivity index (χ0) is 19.8. The molecule has 0 fully saturated rings. The lowest BCUT2D eigenvalue weighted by molar-refractivity contribution is -0.131. The molecule has 0 bridgehead atoms. The fraction of sp³-hybridized carbons (Fsp3) is 0.316. The molecule has 0 aromatic heterocycles. The van der Waals surface area contributed by atoms with Gasteiger partial charge in [0, 0.05) is 26.5 Å². The molecule has 0 aliphatic heterocycles. The van der Waals surface area contributed by atoms with Crippen molar-refractivity contribution < 1.29 is 14.3 Å². The van der Waals surface area contributed by atoms with Gasteiger partial charge in [0.05, 0.1) is 13.1 Å². The van der Waals surface area contributed by atoms with Crippen molar-refractivity contribution in [2.24, 2.45) is 0 Å². The maximum absolute atomic E-state index is 12.1. The zero-order valence-corrected chi connectivity index (χ0v) is 17.7. The largest absolute Gasteiger partial charge is 0.492 e. The number of rotatable bonds is 9. The normalized spacial score (nSPS) is 10.6. The van der Waals surface area contributed by atoms with E-state index in [2.05, 4.69) is 0 Å². The molecule has 27 heavy (non-hydrogen) atoms. The molecule has 0 saturated carbocycles. The number of carbonyl (C=O) groups is 1. The molecule has 0 spiro atoms. The molecular weight excluding hydrogens is 432 g/mol. The van der Waals surface area contributed by atoms with E-state index in [-0.39, 0.29) is 5.91 Å². The number of hydrogen-bond donors (Lipinski definition) is 0. The third kappa shape index (κ3) is 7.67. The molecule has 146 valence electrons. The molecular formula is C19H19Cl4NO3. The second-order valence-electron chi connectivity index (χ2n) is 5.64. The Hall–Kier alpha value is -1.33. The predicted molar refractivity (Wildman–Crippen MR) is 111 cm³/mol. The quantitative estimate of drug-likeness (QED) is 0.470. The summed E-state index contributed by atoms with van der Waals surface area (Å²) in [5.74, 6) is 1.12. The van der Waals surface area contributed by atoms with E-state index in [1.165, 1.54) is 0 Å². The van der Waals surface area contributed by atoms with Crippen LogP contribution >= 0.6 is 46.4 Å². The van der Waals surface area contributed by atoms with Crippen molar-refractivity contribution in [1.82, 2.24) is 4.90 Å². The molecule has 8 heteroatoms. The van der Waals surface area contributed by atoms with Gasteiger partial charge in [-0.15, -0.1) is 0 Å². The van der Waals surface area contributed by atoms with Crippen molar-refractivity contribution in [3.8, 4) is 11.5 Å². The Labute approximate surface area is 178 Å². The summed E-state index contributed by atoms with van der Waals surface area (Å²) in [6.07, 6.45) is 0.395. The topological polar surface area (TPSA) is 38.8 Å². The summed E-state index contributed by atoms with van der Waals surface area (Å²) in [6.45, 7) is 3.26. The van der Waals surface area contributed by atoms with E-state index in [0.717, 1.165) is 0 Å². The van der Waals surface area contributed by atoms with Crippen LogP contribution in [0.2, 0.25) is 20.1 Å². The summed E-state index contributed by atoms with van der Waals surface area (Å²) in [7, 11) is 0. The maximum Gasteiger partial charge on any atom is 0.222 e. The van der Waals surface area contributed by atoms with Crippen molar-refractivity contribution in [3.63, 3.8) is 0 Å². The first-order valence-corrected chi connectivity index (χ1v) is 9.84. The highest BCUT2D eigenvalue weighted by molar-refractivity contribution is 6.35. The van der Waals surface area contributed by atoms with E-state index in [4.69, 9.17) is 55.9 Å². The first-order chi connectivity index (χ1) is 12.9. The van der Waals surface area contributed by atoms with E-state index in [0.29, 0.717) is 64.3 Å². The lowest BCUT2D eigenvalue weighted by atomic mass is 10.3. The first kappa shape index (κ1) is 22.0. The van der Waals surface area contributed by atoms with Crippen LogP contribution in [0.1, 0.15) is 13.3 Å². The fourth-order valence-corrected chi connectivity index (χ4v) is 3.37. The second-order valence-corrected chi connectivity index (χ2v) is 7.39. The van der Waals surface area contributed by atoms with Gasteiger partial charge in [-0.05, 0) is 36.4 Å². The highest BCUT2D eigenvalue weighted by atomic mass is 35.5. The van der Waals surface area contributed by atoms with Crippen LogP contribution < -0.4 is 9.47 Å². The van der Waals surface area contributed by atoms with Gasteiger partial charge >= 0.3 is 0 Å². The first-order valence-electron chi connectivity index (χ1n) is 8.33. The highest BCUT2D eigenvalue weighted by Gasteiger charge is 2.12. The van der Waals surface area contributed by atoms with Crippen LogP contribution in [-0.2, 0) is 4.79 Å². The van der Waals surface area contributed by atoms with Gasteiger partial charge in [-0.2, -0.15) is 0 Å². The summed E-state index contributed by atoms with van der Waals surface area (Å²) in [5.41, 5.74) is 0. The SMILES string of the molecule is CCC(=O)N(CCOc1cc(Cl)cc(Cl)c1)CCOc1cc(Cl)cc(Cl)c1. The molecule has 2 rings (SSSR count). The van der Waals surface area contributed by atoms with Crippen molar-refractivity contribution >= 4 is 52.3 Å².